The van der Waals surface area contributed by atoms with Gasteiger partial charge < -0.3 is 13.6 Å². The summed E-state index contributed by atoms with van der Waals surface area (Å²) in [6, 6.07) is 15.1. The number of nitrogens with zero attached hydrogens (tertiary/aromatic N) is 3. The van der Waals surface area contributed by atoms with E-state index in [0.29, 0.717) is 54.7 Å². The Morgan fingerprint density at radius 2 is 1.71 bits per heavy atom. The van der Waals surface area contributed by atoms with Crippen LogP contribution in [-0.4, -0.2) is 22.1 Å². The molecule has 1 aliphatic rings. The van der Waals surface area contributed by atoms with Crippen LogP contribution < -0.4 is 14.9 Å². The molecule has 0 saturated heterocycles. The fraction of sp³-hybridized carbons (Fsp3) is 0.129. The molecule has 0 unspecified atom stereocenters. The molecule has 0 N–H and O–H groups in total. The zero-order chi connectivity index (χ0) is 32.0. The molecule has 14 heteroatoms. The fourth-order valence-electron chi connectivity index (χ4n) is 4.89. The van der Waals surface area contributed by atoms with Crippen molar-refractivity contribution in [3.8, 4) is 22.6 Å². The Hall–Kier alpha value is -4.42. The van der Waals surface area contributed by atoms with Crippen LogP contribution >= 0.6 is 46.1 Å². The lowest BCUT2D eigenvalue weighted by Crippen LogP contribution is -2.39. The van der Waals surface area contributed by atoms with Crippen molar-refractivity contribution >= 4 is 63.9 Å². The third-order valence-electron chi connectivity index (χ3n) is 6.94. The normalized spacial score (nSPS) is 14.8. The van der Waals surface area contributed by atoms with Gasteiger partial charge in [0, 0.05) is 23.3 Å². The SMILES string of the molecule is CCOC(=O)C1=C(C)N=c2s/c(=C\c3ccc(-c4ccc(Cl)c([N+](=O)[O-])c4)o3)c(=O)n2[C@@H]1c1ccc(-c2ccc(Cl)c(Cl)c2)o1. The predicted octanol–water partition coefficient (Wildman–Crippen LogP) is 7.19. The number of nitro benzene ring substituents is 1. The van der Waals surface area contributed by atoms with Crippen molar-refractivity contribution in [1.29, 1.82) is 0 Å². The Morgan fingerprint density at radius 1 is 1.02 bits per heavy atom. The number of carbonyl (C=O) groups excluding carboxylic acids is 1. The average molecular weight is 685 g/mol. The minimum absolute atomic E-state index is 0.00400. The van der Waals surface area contributed by atoms with Gasteiger partial charge in [0.1, 0.15) is 34.1 Å². The lowest BCUT2D eigenvalue weighted by atomic mass is 10.0. The monoisotopic (exact) mass is 683 g/mol. The molecule has 3 aromatic heterocycles. The first-order valence-corrected chi connectivity index (χ1v) is 15.3. The summed E-state index contributed by atoms with van der Waals surface area (Å²) in [5.41, 5.74) is 0.941. The van der Waals surface area contributed by atoms with E-state index >= 15 is 0 Å². The summed E-state index contributed by atoms with van der Waals surface area (Å²) >= 11 is 19.3. The maximum absolute atomic E-state index is 13.9. The van der Waals surface area contributed by atoms with Crippen molar-refractivity contribution in [3.05, 3.63) is 128 Å². The van der Waals surface area contributed by atoms with E-state index in [1.165, 1.54) is 16.7 Å². The second kappa shape index (κ2) is 12.2. The first kappa shape index (κ1) is 30.6. The summed E-state index contributed by atoms with van der Waals surface area (Å²) in [4.78, 5) is 42.8. The highest BCUT2D eigenvalue weighted by molar-refractivity contribution is 7.07. The van der Waals surface area contributed by atoms with Gasteiger partial charge in [-0.3, -0.25) is 19.5 Å². The van der Waals surface area contributed by atoms with Crippen LogP contribution in [0.5, 0.6) is 0 Å². The molecule has 6 rings (SSSR count). The molecule has 228 valence electrons. The van der Waals surface area contributed by atoms with Gasteiger partial charge in [-0.25, -0.2) is 9.79 Å². The number of halogens is 3. The van der Waals surface area contributed by atoms with Gasteiger partial charge in [-0.1, -0.05) is 46.1 Å². The largest absolute Gasteiger partial charge is 0.463 e. The molecule has 5 aromatic rings. The number of carbonyl (C=O) groups is 1. The highest BCUT2D eigenvalue weighted by atomic mass is 35.5. The molecule has 0 saturated carbocycles. The standard InChI is InChI=1S/C31H20Cl3N3O7S/c1-3-42-30(39)27-15(2)35-31-36(28(27)25-11-10-24(44-25)16-4-7-19(32)21(34)12-16)29(38)26(45-31)14-18-6-9-23(43-18)17-5-8-20(33)22(13-17)37(40)41/h4-14,28H,3H2,1-2H3/b26-14-/t28-/m1/s1. The molecular weight excluding hydrogens is 665 g/mol. The molecule has 1 aliphatic heterocycles. The maximum atomic E-state index is 13.9. The van der Waals surface area contributed by atoms with E-state index < -0.39 is 22.5 Å². The molecule has 0 aliphatic carbocycles. The molecule has 0 amide bonds. The number of furan rings is 2. The topological polar surface area (TPSA) is 130 Å². The van der Waals surface area contributed by atoms with Gasteiger partial charge in [0.2, 0.25) is 0 Å². The number of allylic oxidation sites excluding steroid dienone is 1. The molecule has 4 heterocycles. The van der Waals surface area contributed by atoms with Crippen molar-refractivity contribution in [3.63, 3.8) is 0 Å². The second-order valence-electron chi connectivity index (χ2n) is 9.76. The minimum Gasteiger partial charge on any atom is -0.463 e. The van der Waals surface area contributed by atoms with Gasteiger partial charge in [0.05, 0.1) is 37.4 Å². The Labute approximate surface area is 273 Å². The minimum atomic E-state index is -0.972. The Balaban J connectivity index is 1.44. The van der Waals surface area contributed by atoms with E-state index in [1.807, 2.05) is 0 Å². The molecular formula is C31H20Cl3N3O7S. The molecule has 0 spiro atoms. The van der Waals surface area contributed by atoms with Crippen LogP contribution in [0.25, 0.3) is 28.7 Å². The summed E-state index contributed by atoms with van der Waals surface area (Å²) in [5.74, 6) is 0.807. The van der Waals surface area contributed by atoms with Gasteiger partial charge in [0.25, 0.3) is 11.2 Å². The quantitative estimate of drug-likeness (QED) is 0.101. The fourth-order valence-corrected chi connectivity index (χ4v) is 6.40. The van der Waals surface area contributed by atoms with Crippen LogP contribution in [-0.2, 0) is 9.53 Å². The van der Waals surface area contributed by atoms with E-state index in [0.717, 1.165) is 11.3 Å². The Morgan fingerprint density at radius 3 is 2.42 bits per heavy atom. The van der Waals surface area contributed by atoms with Crippen molar-refractivity contribution in [2.45, 2.75) is 19.9 Å². The van der Waals surface area contributed by atoms with Gasteiger partial charge in [-0.15, -0.1) is 0 Å². The van der Waals surface area contributed by atoms with E-state index in [-0.39, 0.29) is 27.4 Å². The number of hydrogen-bond donors (Lipinski definition) is 0. The molecule has 1 atom stereocenters. The second-order valence-corrected chi connectivity index (χ2v) is 12.0. The van der Waals surface area contributed by atoms with E-state index in [2.05, 4.69) is 4.99 Å². The van der Waals surface area contributed by atoms with Gasteiger partial charge in [-0.05, 0) is 68.4 Å². The highest BCUT2D eigenvalue weighted by Crippen LogP contribution is 2.36. The summed E-state index contributed by atoms with van der Waals surface area (Å²) in [5, 5.41) is 12.1. The van der Waals surface area contributed by atoms with Crippen LogP contribution in [0, 0.1) is 10.1 Å². The first-order valence-electron chi connectivity index (χ1n) is 13.3. The molecule has 0 bridgehead atoms. The van der Waals surface area contributed by atoms with Crippen LogP contribution in [0.1, 0.15) is 31.4 Å². The number of fused-ring (bicyclic) bond motifs is 1. The predicted molar refractivity (Wildman–Crippen MR) is 170 cm³/mol. The van der Waals surface area contributed by atoms with E-state index in [4.69, 9.17) is 48.4 Å². The summed E-state index contributed by atoms with van der Waals surface area (Å²) in [6.45, 7) is 3.48. The molecule has 0 radical (unpaired) electrons. The number of thiazole rings is 1. The number of benzene rings is 2. The van der Waals surface area contributed by atoms with Crippen molar-refractivity contribution in [2.24, 2.45) is 4.99 Å². The number of rotatable bonds is 7. The number of hydrogen-bond acceptors (Lipinski definition) is 9. The smallest absolute Gasteiger partial charge is 0.338 e. The highest BCUT2D eigenvalue weighted by Gasteiger charge is 2.35. The molecule has 2 aromatic carbocycles. The third kappa shape index (κ3) is 5.75. The molecule has 0 fully saturated rings. The maximum Gasteiger partial charge on any atom is 0.338 e. The number of aromatic nitrogens is 1. The van der Waals surface area contributed by atoms with Crippen LogP contribution in [0.15, 0.2) is 90.6 Å². The number of nitro groups is 1. The number of ether oxygens (including phenoxy) is 1. The lowest BCUT2D eigenvalue weighted by molar-refractivity contribution is -0.384. The van der Waals surface area contributed by atoms with Crippen LogP contribution in [0.2, 0.25) is 15.1 Å². The van der Waals surface area contributed by atoms with E-state index in [9.17, 15) is 19.7 Å². The summed E-state index contributed by atoms with van der Waals surface area (Å²) in [7, 11) is 0. The van der Waals surface area contributed by atoms with Crippen LogP contribution in [0.3, 0.4) is 0 Å². The lowest BCUT2D eigenvalue weighted by Gasteiger charge is -2.22. The van der Waals surface area contributed by atoms with Crippen LogP contribution in [0.4, 0.5) is 5.69 Å². The third-order valence-corrected chi connectivity index (χ3v) is 8.99. The zero-order valence-electron chi connectivity index (χ0n) is 23.4. The number of esters is 1. The van der Waals surface area contributed by atoms with E-state index in [1.54, 1.807) is 68.5 Å². The Kier molecular flexibility index (Phi) is 8.27. The summed E-state index contributed by atoms with van der Waals surface area (Å²) in [6.07, 6.45) is 1.54. The summed E-state index contributed by atoms with van der Waals surface area (Å²) < 4.78 is 19.1. The first-order chi connectivity index (χ1) is 21.5. The van der Waals surface area contributed by atoms with Crippen molar-refractivity contribution < 1.29 is 23.3 Å². The molecule has 45 heavy (non-hydrogen) atoms. The van der Waals surface area contributed by atoms with Gasteiger partial charge in [0.15, 0.2) is 4.80 Å². The molecule has 10 nitrogen and oxygen atoms in total. The average Bonchev–Trinajstić information content (AvgIpc) is 3.74. The van der Waals surface area contributed by atoms with Gasteiger partial charge in [-0.2, -0.15) is 0 Å². The zero-order valence-corrected chi connectivity index (χ0v) is 26.5. The van der Waals surface area contributed by atoms with Gasteiger partial charge >= 0.3 is 5.97 Å². The van der Waals surface area contributed by atoms with Crippen molar-refractivity contribution in [2.75, 3.05) is 6.61 Å². The Bertz CT molecular complexity index is 2230. The van der Waals surface area contributed by atoms with Crippen molar-refractivity contribution in [1.82, 2.24) is 4.57 Å².